The number of hydrogen-bond acceptors (Lipinski definition) is 7. The van der Waals surface area contributed by atoms with E-state index < -0.39 is 12.5 Å². The number of rotatable bonds is 12. The topological polar surface area (TPSA) is 108 Å². The number of carbonyl (C=O) groups excluding carboxylic acids is 1. The Morgan fingerprint density at radius 3 is 2.31 bits per heavy atom. The summed E-state index contributed by atoms with van der Waals surface area (Å²) in [5, 5.41) is 12.5. The van der Waals surface area contributed by atoms with Crippen LogP contribution in [-0.4, -0.2) is 35.7 Å². The summed E-state index contributed by atoms with van der Waals surface area (Å²) >= 11 is 0. The smallest absolute Gasteiger partial charge is 0.305 e. The van der Waals surface area contributed by atoms with E-state index in [1.165, 1.54) is 31.2 Å². The highest BCUT2D eigenvalue weighted by atomic mass is 31.2. The van der Waals surface area contributed by atoms with E-state index >= 15 is 0 Å². The van der Waals surface area contributed by atoms with Gasteiger partial charge in [-0.1, -0.05) is 42.5 Å². The van der Waals surface area contributed by atoms with Crippen LogP contribution >= 0.6 is 7.60 Å². The Kier molecular flexibility index (Phi) is 9.74. The van der Waals surface area contributed by atoms with Crippen molar-refractivity contribution in [1.29, 1.82) is 0 Å². The van der Waals surface area contributed by atoms with Crippen molar-refractivity contribution in [1.82, 2.24) is 5.06 Å². The van der Waals surface area contributed by atoms with E-state index in [0.717, 1.165) is 10.6 Å². The van der Waals surface area contributed by atoms with E-state index in [9.17, 15) is 19.5 Å². The molecule has 0 saturated heterocycles. The quantitative estimate of drug-likeness (QED) is 0.243. The predicted molar refractivity (Wildman–Crippen MR) is 121 cm³/mol. The van der Waals surface area contributed by atoms with Gasteiger partial charge in [0.1, 0.15) is 6.61 Å². The first-order valence-corrected chi connectivity index (χ1v) is 11.6. The minimum atomic E-state index is -3.82. The summed E-state index contributed by atoms with van der Waals surface area (Å²) < 4.78 is 24.4. The van der Waals surface area contributed by atoms with Crippen LogP contribution in [0, 0.1) is 10.1 Å². The van der Waals surface area contributed by atoms with E-state index in [0.29, 0.717) is 5.56 Å². The Bertz CT molecular complexity index is 985. The summed E-state index contributed by atoms with van der Waals surface area (Å²) in [6.07, 6.45) is 1.48. The molecule has 9 nitrogen and oxygen atoms in total. The van der Waals surface area contributed by atoms with Crippen molar-refractivity contribution in [3.05, 3.63) is 81.9 Å². The molecular formula is C22H27N2O7P. The normalized spacial score (nSPS) is 11.9. The van der Waals surface area contributed by atoms with E-state index in [2.05, 4.69) is 0 Å². The van der Waals surface area contributed by atoms with Gasteiger partial charge < -0.3 is 9.05 Å². The molecule has 10 heteroatoms. The van der Waals surface area contributed by atoms with Gasteiger partial charge in [-0.25, -0.2) is 5.06 Å². The lowest BCUT2D eigenvalue weighted by Gasteiger charge is -2.23. The lowest BCUT2D eigenvalue weighted by molar-refractivity contribution is -0.384. The predicted octanol–water partition coefficient (Wildman–Crippen LogP) is 5.18. The van der Waals surface area contributed by atoms with E-state index in [1.54, 1.807) is 19.9 Å². The van der Waals surface area contributed by atoms with Gasteiger partial charge in [0.2, 0.25) is 5.91 Å². The summed E-state index contributed by atoms with van der Waals surface area (Å²) in [6.45, 7) is 4.98. The maximum absolute atomic E-state index is 13.5. The second-order valence-electron chi connectivity index (χ2n) is 6.57. The van der Waals surface area contributed by atoms with Crippen molar-refractivity contribution in [2.45, 2.75) is 27.4 Å². The molecule has 2 aromatic rings. The van der Waals surface area contributed by atoms with Crippen molar-refractivity contribution in [2.24, 2.45) is 0 Å². The monoisotopic (exact) mass is 462 g/mol. The number of amides is 1. The maximum Gasteiger partial charge on any atom is 0.361 e. The highest BCUT2D eigenvalue weighted by molar-refractivity contribution is 7.65. The van der Waals surface area contributed by atoms with Gasteiger partial charge in [0, 0.05) is 19.1 Å². The average Bonchev–Trinajstić information content (AvgIpc) is 2.77. The SMILES string of the molecule is CCOP(=O)(OCC)/C(=C\CN(OCc1ccccc1)C(C)=O)c1cccc([N+](=O)[O-])c1. The van der Waals surface area contributed by atoms with Crippen molar-refractivity contribution in [2.75, 3.05) is 19.8 Å². The summed E-state index contributed by atoms with van der Waals surface area (Å²) in [4.78, 5) is 28.4. The molecule has 0 aliphatic rings. The standard InChI is InChI=1S/C22H27N2O7P/c1-4-30-32(28,31-5-2)22(20-12-9-13-21(16-20)24(26)27)14-15-23(18(3)25)29-17-19-10-7-6-8-11-19/h6-14,16H,4-5,15,17H2,1-3H3/b22-14-. The highest BCUT2D eigenvalue weighted by Gasteiger charge is 2.32. The van der Waals surface area contributed by atoms with Crippen LogP contribution in [-0.2, 0) is 29.9 Å². The molecule has 0 aromatic heterocycles. The number of benzene rings is 2. The number of nitro benzene ring substituents is 1. The minimum Gasteiger partial charge on any atom is -0.305 e. The fourth-order valence-corrected chi connectivity index (χ4v) is 4.64. The lowest BCUT2D eigenvalue weighted by atomic mass is 10.2. The van der Waals surface area contributed by atoms with E-state index in [-0.39, 0.29) is 43.3 Å². The van der Waals surface area contributed by atoms with Crippen molar-refractivity contribution in [3.8, 4) is 0 Å². The Balaban J connectivity index is 2.40. The van der Waals surface area contributed by atoms with Crippen LogP contribution in [0.3, 0.4) is 0 Å². The number of nitro groups is 1. The van der Waals surface area contributed by atoms with Crippen LogP contribution in [0.1, 0.15) is 31.9 Å². The lowest BCUT2D eigenvalue weighted by Crippen LogP contribution is -2.29. The molecular weight excluding hydrogens is 435 g/mol. The molecule has 0 spiro atoms. The van der Waals surface area contributed by atoms with Gasteiger partial charge in [0.25, 0.3) is 5.69 Å². The number of hydroxylamine groups is 2. The van der Waals surface area contributed by atoms with Gasteiger partial charge in [-0.05, 0) is 31.1 Å². The second-order valence-corrected chi connectivity index (χ2v) is 8.56. The molecule has 0 heterocycles. The fourth-order valence-electron chi connectivity index (χ4n) is 2.85. The Hall–Kier alpha value is -2.84. The second kappa shape index (κ2) is 12.3. The molecule has 0 N–H and O–H groups in total. The van der Waals surface area contributed by atoms with Gasteiger partial charge in [0.15, 0.2) is 0 Å². The summed E-state index contributed by atoms with van der Waals surface area (Å²) in [6, 6.07) is 15.0. The maximum atomic E-state index is 13.5. The van der Waals surface area contributed by atoms with Gasteiger partial charge in [-0.15, -0.1) is 0 Å². The first-order chi connectivity index (χ1) is 15.3. The first-order valence-electron chi connectivity index (χ1n) is 10.1. The van der Waals surface area contributed by atoms with Gasteiger partial charge >= 0.3 is 7.60 Å². The third-order valence-electron chi connectivity index (χ3n) is 4.28. The molecule has 2 rings (SSSR count). The molecule has 0 atom stereocenters. The Morgan fingerprint density at radius 2 is 1.75 bits per heavy atom. The zero-order valence-corrected chi connectivity index (χ0v) is 19.2. The minimum absolute atomic E-state index is 0.0651. The van der Waals surface area contributed by atoms with E-state index in [4.69, 9.17) is 13.9 Å². The van der Waals surface area contributed by atoms with Crippen molar-refractivity contribution >= 4 is 24.5 Å². The Labute approximate surface area is 187 Å². The summed E-state index contributed by atoms with van der Waals surface area (Å²) in [5.74, 6) is -0.363. The molecule has 0 radical (unpaired) electrons. The van der Waals surface area contributed by atoms with Gasteiger partial charge in [-0.3, -0.25) is 24.3 Å². The molecule has 32 heavy (non-hydrogen) atoms. The molecule has 0 bridgehead atoms. The number of nitrogens with zero attached hydrogens (tertiary/aromatic N) is 2. The van der Waals surface area contributed by atoms with Crippen LogP contribution in [0.15, 0.2) is 60.7 Å². The van der Waals surface area contributed by atoms with Gasteiger partial charge in [-0.2, -0.15) is 0 Å². The largest absolute Gasteiger partial charge is 0.361 e. The summed E-state index contributed by atoms with van der Waals surface area (Å²) in [7, 11) is -3.82. The third kappa shape index (κ3) is 7.10. The molecule has 1 amide bonds. The van der Waals surface area contributed by atoms with Crippen LogP contribution in [0.25, 0.3) is 5.31 Å². The van der Waals surface area contributed by atoms with Gasteiger partial charge in [0.05, 0.1) is 30.0 Å². The molecule has 172 valence electrons. The number of hydrogen-bond donors (Lipinski definition) is 0. The average molecular weight is 462 g/mol. The molecule has 0 saturated carbocycles. The Morgan fingerprint density at radius 1 is 1.09 bits per heavy atom. The molecule has 0 aliphatic heterocycles. The van der Waals surface area contributed by atoms with Crippen LogP contribution in [0.5, 0.6) is 0 Å². The van der Waals surface area contributed by atoms with Crippen LogP contribution in [0.4, 0.5) is 5.69 Å². The van der Waals surface area contributed by atoms with Crippen molar-refractivity contribution < 1.29 is 28.2 Å². The van der Waals surface area contributed by atoms with E-state index in [1.807, 2.05) is 30.3 Å². The molecule has 0 fully saturated rings. The zero-order valence-electron chi connectivity index (χ0n) is 18.3. The number of non-ortho nitro benzene ring substituents is 1. The molecule has 2 aromatic carbocycles. The van der Waals surface area contributed by atoms with Crippen molar-refractivity contribution in [3.63, 3.8) is 0 Å². The zero-order chi connectivity index (χ0) is 23.6. The first kappa shape index (κ1) is 25.4. The summed E-state index contributed by atoms with van der Waals surface area (Å²) in [5.41, 5.74) is 1.00. The highest BCUT2D eigenvalue weighted by Crippen LogP contribution is 2.60. The molecule has 0 aliphatic carbocycles. The van der Waals surface area contributed by atoms with Crippen LogP contribution < -0.4 is 0 Å². The third-order valence-corrected chi connectivity index (χ3v) is 6.50. The fraction of sp³-hybridized carbons (Fsp3) is 0.318. The number of carbonyl (C=O) groups is 1. The molecule has 0 unspecified atom stereocenters. The van der Waals surface area contributed by atoms with Crippen LogP contribution in [0.2, 0.25) is 0 Å².